The summed E-state index contributed by atoms with van der Waals surface area (Å²) in [6.45, 7) is 4.03. The molecular weight excluding hydrogens is 485 g/mol. The Labute approximate surface area is 200 Å². The smallest absolute Gasteiger partial charge is 0.373 e. The van der Waals surface area contributed by atoms with Crippen molar-refractivity contribution in [2.45, 2.75) is 37.1 Å². The molecule has 2 aromatic carbocycles. The molecule has 35 heavy (non-hydrogen) atoms. The number of imidazole rings is 1. The van der Waals surface area contributed by atoms with E-state index in [-0.39, 0.29) is 41.3 Å². The van der Waals surface area contributed by atoms with Gasteiger partial charge in [0.2, 0.25) is 10.0 Å². The van der Waals surface area contributed by atoms with Crippen molar-refractivity contribution in [3.63, 3.8) is 0 Å². The van der Waals surface area contributed by atoms with Gasteiger partial charge in [-0.15, -0.1) is 0 Å². The Morgan fingerprint density at radius 2 is 1.86 bits per heavy atom. The number of ether oxygens (including phenoxy) is 1. The fourth-order valence-electron chi connectivity index (χ4n) is 3.88. The minimum absolute atomic E-state index is 0.00324. The van der Waals surface area contributed by atoms with E-state index in [4.69, 9.17) is 4.74 Å². The predicted molar refractivity (Wildman–Crippen MR) is 123 cm³/mol. The van der Waals surface area contributed by atoms with Crippen LogP contribution in [-0.4, -0.2) is 53.5 Å². The van der Waals surface area contributed by atoms with Gasteiger partial charge in [-0.1, -0.05) is 6.07 Å². The van der Waals surface area contributed by atoms with Crippen molar-refractivity contribution in [3.05, 3.63) is 66.1 Å². The number of fused-ring (bicyclic) bond motifs is 1. The summed E-state index contributed by atoms with van der Waals surface area (Å²) in [6, 6.07) is 8.89. The van der Waals surface area contributed by atoms with Gasteiger partial charge >= 0.3 is 6.18 Å². The van der Waals surface area contributed by atoms with Crippen LogP contribution in [0.2, 0.25) is 0 Å². The predicted octanol–water partition coefficient (Wildman–Crippen LogP) is 3.71. The number of morpholine rings is 1. The summed E-state index contributed by atoms with van der Waals surface area (Å²) < 4.78 is 73.2. The Morgan fingerprint density at radius 3 is 2.54 bits per heavy atom. The number of amides is 1. The van der Waals surface area contributed by atoms with E-state index in [1.807, 2.05) is 0 Å². The molecule has 0 bridgehead atoms. The largest absolute Gasteiger partial charge is 0.416 e. The summed E-state index contributed by atoms with van der Waals surface area (Å²) in [6.07, 6.45) is -0.910. The standard InChI is InChI=1S/C23H23F3N4O4S/c1-15-12-30(13-16(2)34-15)35(32,33)19-5-3-4-17(10-19)22(31)27-8-9-29-14-28-20-11-18(23(24,25)26)6-7-21(20)29/h3-11,14-16H,12-13H2,1-2H3,(H,27,31). The van der Waals surface area contributed by atoms with Gasteiger partial charge in [-0.05, 0) is 50.2 Å². The summed E-state index contributed by atoms with van der Waals surface area (Å²) in [4.78, 5) is 16.6. The average Bonchev–Trinajstić information content (AvgIpc) is 3.20. The molecule has 1 saturated heterocycles. The summed E-state index contributed by atoms with van der Waals surface area (Å²) >= 11 is 0. The van der Waals surface area contributed by atoms with Crippen LogP contribution < -0.4 is 5.32 Å². The van der Waals surface area contributed by atoms with Crippen molar-refractivity contribution in [1.82, 2.24) is 19.2 Å². The second-order valence-electron chi connectivity index (χ2n) is 8.25. The van der Waals surface area contributed by atoms with Gasteiger partial charge < -0.3 is 14.6 Å². The molecule has 2 atom stereocenters. The van der Waals surface area contributed by atoms with E-state index in [2.05, 4.69) is 10.3 Å². The fraction of sp³-hybridized carbons (Fsp3) is 0.304. The van der Waals surface area contributed by atoms with Crippen molar-refractivity contribution in [3.8, 4) is 0 Å². The quantitative estimate of drug-likeness (QED) is 0.567. The number of halogens is 3. The van der Waals surface area contributed by atoms with Gasteiger partial charge in [0.25, 0.3) is 5.91 Å². The van der Waals surface area contributed by atoms with Gasteiger partial charge in [-0.3, -0.25) is 4.79 Å². The van der Waals surface area contributed by atoms with Crippen LogP contribution in [0.25, 0.3) is 17.2 Å². The lowest BCUT2D eigenvalue weighted by atomic mass is 10.2. The number of nitrogens with one attached hydrogen (secondary N) is 1. The topological polar surface area (TPSA) is 93.5 Å². The monoisotopic (exact) mass is 508 g/mol. The molecule has 12 heteroatoms. The fourth-order valence-corrected chi connectivity index (χ4v) is 5.51. The molecule has 2 heterocycles. The van der Waals surface area contributed by atoms with Crippen LogP contribution in [0.3, 0.4) is 0 Å². The highest BCUT2D eigenvalue weighted by molar-refractivity contribution is 7.89. The Bertz CT molecular complexity index is 1370. The molecule has 8 nitrogen and oxygen atoms in total. The highest BCUT2D eigenvalue weighted by Gasteiger charge is 2.33. The Kier molecular flexibility index (Phi) is 6.71. The van der Waals surface area contributed by atoms with E-state index >= 15 is 0 Å². The second-order valence-corrected chi connectivity index (χ2v) is 10.2. The van der Waals surface area contributed by atoms with E-state index in [1.54, 1.807) is 13.8 Å². The first-order valence-corrected chi connectivity index (χ1v) is 12.2. The number of nitrogens with zero attached hydrogens (tertiary/aromatic N) is 3. The van der Waals surface area contributed by atoms with Crippen molar-refractivity contribution in [2.75, 3.05) is 13.1 Å². The van der Waals surface area contributed by atoms with Gasteiger partial charge in [0.1, 0.15) is 0 Å². The molecule has 1 fully saturated rings. The van der Waals surface area contributed by atoms with Crippen LogP contribution in [0.5, 0.6) is 0 Å². The van der Waals surface area contributed by atoms with Crippen molar-refractivity contribution >= 4 is 33.2 Å². The zero-order valence-corrected chi connectivity index (χ0v) is 19.7. The molecule has 0 aliphatic carbocycles. The third-order valence-corrected chi connectivity index (χ3v) is 7.30. The number of hydrogen-bond donors (Lipinski definition) is 1. The summed E-state index contributed by atoms with van der Waals surface area (Å²) in [5.74, 6) is -0.550. The lowest BCUT2D eigenvalue weighted by Gasteiger charge is -2.34. The van der Waals surface area contributed by atoms with Crippen molar-refractivity contribution < 1.29 is 31.1 Å². The highest BCUT2D eigenvalue weighted by atomic mass is 32.2. The lowest BCUT2D eigenvalue weighted by molar-refractivity contribution is -0.137. The zero-order valence-electron chi connectivity index (χ0n) is 18.9. The minimum Gasteiger partial charge on any atom is -0.373 e. The lowest BCUT2D eigenvalue weighted by Crippen LogP contribution is -2.48. The number of carbonyl (C=O) groups is 1. The molecule has 4 rings (SSSR count). The third kappa shape index (κ3) is 5.39. The molecule has 0 saturated carbocycles. The molecule has 1 aromatic heterocycles. The third-order valence-electron chi connectivity index (χ3n) is 5.47. The maximum absolute atomic E-state index is 13.1. The minimum atomic E-state index is -4.47. The van der Waals surface area contributed by atoms with Crippen LogP contribution in [0.4, 0.5) is 13.2 Å². The molecule has 1 amide bonds. The average molecular weight is 509 g/mol. The van der Waals surface area contributed by atoms with Gasteiger partial charge in [0.15, 0.2) is 0 Å². The molecule has 2 unspecified atom stereocenters. The number of benzene rings is 2. The number of aromatic nitrogens is 2. The molecule has 1 aliphatic heterocycles. The number of carbonyl (C=O) groups excluding carboxylic acids is 1. The second kappa shape index (κ2) is 9.44. The van der Waals surface area contributed by atoms with Crippen LogP contribution >= 0.6 is 0 Å². The van der Waals surface area contributed by atoms with E-state index in [0.29, 0.717) is 5.52 Å². The Morgan fingerprint density at radius 1 is 1.14 bits per heavy atom. The maximum Gasteiger partial charge on any atom is 0.416 e. The SMILES string of the molecule is CC1CN(S(=O)(=O)c2cccc(C(=O)NC=Cn3cnc4cc(C(F)(F)F)ccc43)c2)CC(C)O1. The number of rotatable bonds is 5. The van der Waals surface area contributed by atoms with Crippen LogP contribution in [0, 0.1) is 0 Å². The molecule has 1 aliphatic rings. The number of hydrogen-bond acceptors (Lipinski definition) is 5. The first-order chi connectivity index (χ1) is 16.4. The summed E-state index contributed by atoms with van der Waals surface area (Å²) in [5, 5.41) is 2.53. The zero-order chi connectivity index (χ0) is 25.4. The van der Waals surface area contributed by atoms with Gasteiger partial charge in [-0.25, -0.2) is 13.4 Å². The highest BCUT2D eigenvalue weighted by Crippen LogP contribution is 2.31. The first-order valence-electron chi connectivity index (χ1n) is 10.7. The van der Waals surface area contributed by atoms with Crippen molar-refractivity contribution in [1.29, 1.82) is 0 Å². The maximum atomic E-state index is 13.1. The van der Waals surface area contributed by atoms with Gasteiger partial charge in [0, 0.05) is 31.1 Å². The number of sulfonamides is 1. The van der Waals surface area contributed by atoms with Gasteiger partial charge in [0.05, 0.1) is 40.0 Å². The molecule has 1 N–H and O–H groups in total. The van der Waals surface area contributed by atoms with Crippen LogP contribution in [0.1, 0.15) is 29.8 Å². The van der Waals surface area contributed by atoms with Gasteiger partial charge in [-0.2, -0.15) is 17.5 Å². The summed E-state index contributed by atoms with van der Waals surface area (Å²) in [7, 11) is -3.82. The first kappa shape index (κ1) is 24.9. The number of alkyl halides is 3. The van der Waals surface area contributed by atoms with Crippen molar-refractivity contribution in [2.24, 2.45) is 0 Å². The van der Waals surface area contributed by atoms with Crippen LogP contribution in [0.15, 0.2) is 59.9 Å². The molecule has 186 valence electrons. The Hall–Kier alpha value is -3.22. The van der Waals surface area contributed by atoms with E-state index < -0.39 is 27.7 Å². The van der Waals surface area contributed by atoms with E-state index in [0.717, 1.165) is 12.1 Å². The summed E-state index contributed by atoms with van der Waals surface area (Å²) in [5.41, 5.74) is -0.0928. The molecular formula is C23H23F3N4O4S. The van der Waals surface area contributed by atoms with Crippen LogP contribution in [-0.2, 0) is 20.9 Å². The normalized spacial score (nSPS) is 19.9. The molecule has 0 radical (unpaired) electrons. The molecule has 0 spiro atoms. The van der Waals surface area contributed by atoms with E-state index in [1.165, 1.54) is 57.9 Å². The molecule has 3 aromatic rings. The van der Waals surface area contributed by atoms with E-state index in [9.17, 15) is 26.4 Å². The Balaban J connectivity index is 1.48.